The number of carbonyl (C=O) groups is 1. The summed E-state index contributed by atoms with van der Waals surface area (Å²) < 4.78 is 13.6. The van der Waals surface area contributed by atoms with Gasteiger partial charge in [-0.1, -0.05) is 24.3 Å². The summed E-state index contributed by atoms with van der Waals surface area (Å²) in [5, 5.41) is 2.97. The summed E-state index contributed by atoms with van der Waals surface area (Å²) in [5.41, 5.74) is 1.76. The van der Waals surface area contributed by atoms with Crippen LogP contribution in [0, 0.1) is 11.7 Å². The number of halogens is 1. The first-order valence-electron chi connectivity index (χ1n) is 9.36. The number of hydrogen-bond acceptors (Lipinski definition) is 3. The van der Waals surface area contributed by atoms with Crippen LogP contribution in [-0.2, 0) is 17.6 Å². The normalized spacial score (nSPS) is 15.7. The van der Waals surface area contributed by atoms with E-state index in [1.807, 2.05) is 24.4 Å². The SMILES string of the molecule is O=C(NCCc1ccccc1F)C1CCN(CCc2ccccn2)CC1. The number of aromatic nitrogens is 1. The van der Waals surface area contributed by atoms with Crippen LogP contribution in [0.3, 0.4) is 0 Å². The minimum absolute atomic E-state index is 0.0710. The van der Waals surface area contributed by atoms with Crippen molar-refractivity contribution in [2.75, 3.05) is 26.2 Å². The second-order valence-electron chi connectivity index (χ2n) is 6.82. The molecule has 2 heterocycles. The third-order valence-electron chi connectivity index (χ3n) is 5.02. The topological polar surface area (TPSA) is 45.2 Å². The Labute approximate surface area is 154 Å². The summed E-state index contributed by atoms with van der Waals surface area (Å²) in [5.74, 6) is -0.0320. The predicted octanol–water partition coefficient (Wildman–Crippen LogP) is 2.83. The molecule has 2 aromatic rings. The van der Waals surface area contributed by atoms with Gasteiger partial charge in [0, 0.05) is 37.3 Å². The monoisotopic (exact) mass is 355 g/mol. The maximum atomic E-state index is 13.6. The Morgan fingerprint density at radius 3 is 2.62 bits per heavy atom. The van der Waals surface area contributed by atoms with Crippen molar-refractivity contribution in [2.24, 2.45) is 5.92 Å². The van der Waals surface area contributed by atoms with E-state index in [9.17, 15) is 9.18 Å². The maximum Gasteiger partial charge on any atom is 0.223 e. The second-order valence-corrected chi connectivity index (χ2v) is 6.82. The Morgan fingerprint density at radius 2 is 1.88 bits per heavy atom. The van der Waals surface area contributed by atoms with Gasteiger partial charge in [-0.2, -0.15) is 0 Å². The molecule has 0 atom stereocenters. The molecular formula is C21H26FN3O. The number of nitrogens with one attached hydrogen (secondary N) is 1. The summed E-state index contributed by atoms with van der Waals surface area (Å²) in [7, 11) is 0. The average Bonchev–Trinajstić information content (AvgIpc) is 2.69. The van der Waals surface area contributed by atoms with Crippen LogP contribution >= 0.6 is 0 Å². The highest BCUT2D eigenvalue weighted by atomic mass is 19.1. The van der Waals surface area contributed by atoms with Gasteiger partial charge in [-0.25, -0.2) is 4.39 Å². The highest BCUT2D eigenvalue weighted by molar-refractivity contribution is 5.78. The first-order chi connectivity index (χ1) is 12.7. The summed E-state index contributed by atoms with van der Waals surface area (Å²) in [6, 6.07) is 12.7. The minimum Gasteiger partial charge on any atom is -0.356 e. The van der Waals surface area contributed by atoms with Crippen molar-refractivity contribution < 1.29 is 9.18 Å². The van der Waals surface area contributed by atoms with Crippen molar-refractivity contribution in [2.45, 2.75) is 25.7 Å². The molecule has 1 N–H and O–H groups in total. The third kappa shape index (κ3) is 5.36. The lowest BCUT2D eigenvalue weighted by atomic mass is 9.95. The van der Waals surface area contributed by atoms with Gasteiger partial charge in [-0.3, -0.25) is 9.78 Å². The molecule has 1 aromatic heterocycles. The highest BCUT2D eigenvalue weighted by Gasteiger charge is 2.24. The Bertz CT molecular complexity index is 699. The van der Waals surface area contributed by atoms with Crippen molar-refractivity contribution in [3.05, 3.63) is 65.7 Å². The van der Waals surface area contributed by atoms with Gasteiger partial charge >= 0.3 is 0 Å². The number of nitrogens with zero attached hydrogens (tertiary/aromatic N) is 2. The molecule has 1 fully saturated rings. The van der Waals surface area contributed by atoms with E-state index in [4.69, 9.17) is 0 Å². The molecule has 0 saturated carbocycles. The second kappa shape index (κ2) is 9.43. The van der Waals surface area contributed by atoms with Crippen LogP contribution in [0.4, 0.5) is 4.39 Å². The first kappa shape index (κ1) is 18.5. The number of carbonyl (C=O) groups excluding carboxylic acids is 1. The molecule has 0 bridgehead atoms. The Morgan fingerprint density at radius 1 is 1.12 bits per heavy atom. The lowest BCUT2D eigenvalue weighted by Crippen LogP contribution is -2.41. The molecule has 0 spiro atoms. The summed E-state index contributed by atoms with van der Waals surface area (Å²) in [6.45, 7) is 3.36. The van der Waals surface area contributed by atoms with Gasteiger partial charge in [0.05, 0.1) is 0 Å². The van der Waals surface area contributed by atoms with E-state index in [1.54, 1.807) is 12.1 Å². The van der Waals surface area contributed by atoms with Crippen molar-refractivity contribution in [1.82, 2.24) is 15.2 Å². The molecular weight excluding hydrogens is 329 g/mol. The fraction of sp³-hybridized carbons (Fsp3) is 0.429. The number of amides is 1. The van der Waals surface area contributed by atoms with Gasteiger partial charge in [-0.15, -0.1) is 0 Å². The van der Waals surface area contributed by atoms with Crippen molar-refractivity contribution in [3.63, 3.8) is 0 Å². The number of likely N-dealkylation sites (tertiary alicyclic amines) is 1. The fourth-order valence-electron chi connectivity index (χ4n) is 3.40. The van der Waals surface area contributed by atoms with E-state index in [0.717, 1.165) is 44.6 Å². The lowest BCUT2D eigenvalue weighted by molar-refractivity contribution is -0.126. The molecule has 138 valence electrons. The molecule has 0 aliphatic carbocycles. The summed E-state index contributed by atoms with van der Waals surface area (Å²) in [4.78, 5) is 19.1. The molecule has 3 rings (SSSR count). The molecule has 4 nitrogen and oxygen atoms in total. The Balaban J connectivity index is 1.35. The van der Waals surface area contributed by atoms with Gasteiger partial charge in [-0.05, 0) is 56.1 Å². The van der Waals surface area contributed by atoms with Gasteiger partial charge < -0.3 is 10.2 Å². The molecule has 1 aromatic carbocycles. The van der Waals surface area contributed by atoms with Crippen LogP contribution in [0.2, 0.25) is 0 Å². The maximum absolute atomic E-state index is 13.6. The molecule has 0 unspecified atom stereocenters. The summed E-state index contributed by atoms with van der Waals surface area (Å²) in [6.07, 6.45) is 5.07. The average molecular weight is 355 g/mol. The standard InChI is InChI=1S/C21H26FN3O/c22-20-7-2-1-5-17(20)8-13-24-21(26)18-9-14-25(15-10-18)16-11-19-6-3-4-12-23-19/h1-7,12,18H,8-11,13-16H2,(H,24,26). The highest BCUT2D eigenvalue weighted by Crippen LogP contribution is 2.17. The zero-order valence-corrected chi connectivity index (χ0v) is 15.0. The Kier molecular flexibility index (Phi) is 6.72. The van der Waals surface area contributed by atoms with Crippen LogP contribution in [0.1, 0.15) is 24.1 Å². The molecule has 5 heteroatoms. The van der Waals surface area contributed by atoms with Gasteiger partial charge in [0.1, 0.15) is 5.82 Å². The number of pyridine rings is 1. The molecule has 1 aliphatic rings. The molecule has 1 saturated heterocycles. The smallest absolute Gasteiger partial charge is 0.223 e. The Hall–Kier alpha value is -2.27. The van der Waals surface area contributed by atoms with E-state index in [0.29, 0.717) is 18.5 Å². The lowest BCUT2D eigenvalue weighted by Gasteiger charge is -2.31. The molecule has 0 radical (unpaired) electrons. The number of benzene rings is 1. The van der Waals surface area contributed by atoms with E-state index < -0.39 is 0 Å². The van der Waals surface area contributed by atoms with Gasteiger partial charge in [0.2, 0.25) is 5.91 Å². The predicted molar refractivity (Wildman–Crippen MR) is 100 cm³/mol. The van der Waals surface area contributed by atoms with Crippen LogP contribution < -0.4 is 5.32 Å². The molecule has 1 aliphatic heterocycles. The minimum atomic E-state index is -0.206. The number of piperidine rings is 1. The third-order valence-corrected chi connectivity index (χ3v) is 5.02. The van der Waals surface area contributed by atoms with Crippen LogP contribution in [0.25, 0.3) is 0 Å². The van der Waals surface area contributed by atoms with Crippen LogP contribution in [0.5, 0.6) is 0 Å². The van der Waals surface area contributed by atoms with Gasteiger partial charge in [0.25, 0.3) is 0 Å². The van der Waals surface area contributed by atoms with Crippen molar-refractivity contribution >= 4 is 5.91 Å². The zero-order chi connectivity index (χ0) is 18.2. The number of rotatable bonds is 7. The largest absolute Gasteiger partial charge is 0.356 e. The summed E-state index contributed by atoms with van der Waals surface area (Å²) >= 11 is 0. The fourth-order valence-corrected chi connectivity index (χ4v) is 3.40. The van der Waals surface area contributed by atoms with Crippen molar-refractivity contribution in [1.29, 1.82) is 0 Å². The van der Waals surface area contributed by atoms with E-state index >= 15 is 0 Å². The van der Waals surface area contributed by atoms with Crippen LogP contribution in [-0.4, -0.2) is 42.0 Å². The number of hydrogen-bond donors (Lipinski definition) is 1. The first-order valence-corrected chi connectivity index (χ1v) is 9.36. The van der Waals surface area contributed by atoms with Crippen LogP contribution in [0.15, 0.2) is 48.7 Å². The molecule has 1 amide bonds. The quantitative estimate of drug-likeness (QED) is 0.831. The van der Waals surface area contributed by atoms with E-state index in [1.165, 1.54) is 6.07 Å². The molecule has 26 heavy (non-hydrogen) atoms. The zero-order valence-electron chi connectivity index (χ0n) is 15.0. The van der Waals surface area contributed by atoms with Gasteiger partial charge in [0.15, 0.2) is 0 Å². The van der Waals surface area contributed by atoms with E-state index in [-0.39, 0.29) is 17.6 Å². The van der Waals surface area contributed by atoms with E-state index in [2.05, 4.69) is 21.3 Å². The van der Waals surface area contributed by atoms with Crippen molar-refractivity contribution in [3.8, 4) is 0 Å².